The van der Waals surface area contributed by atoms with E-state index < -0.39 is 0 Å². The summed E-state index contributed by atoms with van der Waals surface area (Å²) < 4.78 is 1.98. The van der Waals surface area contributed by atoms with Gasteiger partial charge in [-0.05, 0) is 55.9 Å². The lowest BCUT2D eigenvalue weighted by molar-refractivity contribution is 0.641. The van der Waals surface area contributed by atoms with Crippen molar-refractivity contribution in [3.8, 4) is 0 Å². The number of rotatable bonds is 9. The van der Waals surface area contributed by atoms with E-state index in [9.17, 15) is 0 Å². The maximum absolute atomic E-state index is 6.20. The summed E-state index contributed by atoms with van der Waals surface area (Å²) in [6.07, 6.45) is 5.57. The van der Waals surface area contributed by atoms with Crippen LogP contribution in [0.3, 0.4) is 0 Å². The molecule has 0 amide bonds. The summed E-state index contributed by atoms with van der Waals surface area (Å²) in [6, 6.07) is 8.22. The minimum Gasteiger partial charge on any atom is -0.356 e. The van der Waals surface area contributed by atoms with E-state index in [0.717, 1.165) is 47.9 Å². The maximum Gasteiger partial charge on any atom is 0.191 e. The number of thioether (sulfide) groups is 1. The zero-order chi connectivity index (χ0) is 20.0. The Morgan fingerprint density at radius 1 is 1.31 bits per heavy atom. The molecular formula is C20H30ClIN6S. The number of hydrogen-bond donors (Lipinski definition) is 2. The van der Waals surface area contributed by atoms with Gasteiger partial charge >= 0.3 is 0 Å². The van der Waals surface area contributed by atoms with Crippen molar-refractivity contribution in [2.75, 3.05) is 25.1 Å². The highest BCUT2D eigenvalue weighted by atomic mass is 127. The standard InChI is InChI=1S/C20H29ClN6S.HI/c1-15-25-26-18(27(15)2)13-23-19(22-10-5-11-28-3)24-14-20(8-9-20)16-6-4-7-17(21)12-16;/h4,6-7,12H,5,8-11,13-14H2,1-3H3,(H2,22,23,24);1H. The molecular weight excluding hydrogens is 519 g/mol. The van der Waals surface area contributed by atoms with Gasteiger partial charge in [0.1, 0.15) is 12.4 Å². The summed E-state index contributed by atoms with van der Waals surface area (Å²) >= 11 is 8.06. The van der Waals surface area contributed by atoms with Crippen LogP contribution in [0.15, 0.2) is 29.3 Å². The Morgan fingerprint density at radius 3 is 2.72 bits per heavy atom. The molecule has 2 aromatic rings. The summed E-state index contributed by atoms with van der Waals surface area (Å²) in [5, 5.41) is 16.1. The first-order valence-corrected chi connectivity index (χ1v) is 11.4. The second-order valence-electron chi connectivity index (χ2n) is 7.30. The van der Waals surface area contributed by atoms with Crippen molar-refractivity contribution < 1.29 is 0 Å². The van der Waals surface area contributed by atoms with Crippen molar-refractivity contribution in [3.63, 3.8) is 0 Å². The van der Waals surface area contributed by atoms with E-state index >= 15 is 0 Å². The molecule has 29 heavy (non-hydrogen) atoms. The van der Waals surface area contributed by atoms with Gasteiger partial charge in [0, 0.05) is 30.6 Å². The molecule has 0 bridgehead atoms. The van der Waals surface area contributed by atoms with E-state index in [4.69, 9.17) is 16.6 Å². The number of nitrogens with zero attached hydrogens (tertiary/aromatic N) is 4. The molecule has 1 aliphatic rings. The monoisotopic (exact) mass is 548 g/mol. The molecule has 9 heteroatoms. The summed E-state index contributed by atoms with van der Waals surface area (Å²) in [6.45, 7) is 4.19. The summed E-state index contributed by atoms with van der Waals surface area (Å²) in [5.41, 5.74) is 1.46. The van der Waals surface area contributed by atoms with E-state index in [1.54, 1.807) is 0 Å². The summed E-state index contributed by atoms with van der Waals surface area (Å²) in [7, 11) is 1.97. The number of nitrogens with one attached hydrogen (secondary N) is 2. The van der Waals surface area contributed by atoms with Crippen molar-refractivity contribution >= 4 is 53.3 Å². The summed E-state index contributed by atoms with van der Waals surface area (Å²) in [5.74, 6) is 3.72. The van der Waals surface area contributed by atoms with Crippen molar-refractivity contribution in [2.24, 2.45) is 12.0 Å². The number of aryl methyl sites for hydroxylation is 1. The van der Waals surface area contributed by atoms with Gasteiger partial charge in [-0.15, -0.1) is 34.2 Å². The quantitative estimate of drug-likeness (QED) is 0.215. The van der Waals surface area contributed by atoms with Crippen LogP contribution in [0.1, 0.15) is 36.5 Å². The van der Waals surface area contributed by atoms with Crippen LogP contribution in [0, 0.1) is 6.92 Å². The second-order valence-corrected chi connectivity index (χ2v) is 8.73. The van der Waals surface area contributed by atoms with Gasteiger partial charge < -0.3 is 15.2 Å². The number of aliphatic imine (C=N–C) groups is 1. The molecule has 0 saturated heterocycles. The average molecular weight is 549 g/mol. The molecule has 2 N–H and O–H groups in total. The fourth-order valence-electron chi connectivity index (χ4n) is 3.13. The molecule has 0 aliphatic heterocycles. The van der Waals surface area contributed by atoms with Crippen molar-refractivity contribution in [2.45, 2.75) is 38.1 Å². The number of guanidine groups is 1. The Bertz CT molecular complexity index is 821. The van der Waals surface area contributed by atoms with Gasteiger partial charge in [0.05, 0.1) is 0 Å². The topological polar surface area (TPSA) is 67.1 Å². The average Bonchev–Trinajstić information content (AvgIpc) is 3.42. The second kappa shape index (κ2) is 11.4. The van der Waals surface area contributed by atoms with Gasteiger partial charge in [-0.1, -0.05) is 23.7 Å². The highest BCUT2D eigenvalue weighted by molar-refractivity contribution is 14.0. The van der Waals surface area contributed by atoms with E-state index in [1.165, 1.54) is 18.4 Å². The number of hydrogen-bond acceptors (Lipinski definition) is 4. The minimum absolute atomic E-state index is 0. The lowest BCUT2D eigenvalue weighted by atomic mass is 9.96. The van der Waals surface area contributed by atoms with E-state index in [2.05, 4.69) is 39.2 Å². The first-order valence-electron chi connectivity index (χ1n) is 9.66. The van der Waals surface area contributed by atoms with Crippen LogP contribution in [0.25, 0.3) is 0 Å². The molecule has 6 nitrogen and oxygen atoms in total. The third-order valence-corrected chi connectivity index (χ3v) is 6.20. The van der Waals surface area contributed by atoms with Gasteiger partial charge in [0.15, 0.2) is 11.8 Å². The Kier molecular flexibility index (Phi) is 9.55. The molecule has 1 saturated carbocycles. The van der Waals surface area contributed by atoms with Crippen molar-refractivity contribution in [1.82, 2.24) is 25.4 Å². The van der Waals surface area contributed by atoms with Gasteiger partial charge in [0.2, 0.25) is 0 Å². The molecule has 0 atom stereocenters. The van der Waals surface area contributed by atoms with Gasteiger partial charge in [-0.3, -0.25) is 0 Å². The maximum atomic E-state index is 6.20. The molecule has 1 fully saturated rings. The third-order valence-electron chi connectivity index (χ3n) is 5.26. The van der Waals surface area contributed by atoms with Gasteiger partial charge in [-0.25, -0.2) is 4.99 Å². The highest BCUT2D eigenvalue weighted by Gasteiger charge is 2.44. The Morgan fingerprint density at radius 2 is 2.10 bits per heavy atom. The lowest BCUT2D eigenvalue weighted by Gasteiger charge is -2.19. The van der Waals surface area contributed by atoms with E-state index in [1.807, 2.05) is 42.4 Å². The van der Waals surface area contributed by atoms with Crippen LogP contribution in [-0.4, -0.2) is 45.8 Å². The van der Waals surface area contributed by atoms with Gasteiger partial charge in [0.25, 0.3) is 0 Å². The number of aromatic nitrogens is 3. The van der Waals surface area contributed by atoms with Gasteiger partial charge in [-0.2, -0.15) is 11.8 Å². The van der Waals surface area contributed by atoms with Crippen molar-refractivity contribution in [1.29, 1.82) is 0 Å². The molecule has 1 aliphatic carbocycles. The molecule has 3 rings (SSSR count). The van der Waals surface area contributed by atoms with Crippen LogP contribution in [0.4, 0.5) is 0 Å². The van der Waals surface area contributed by atoms with E-state index in [-0.39, 0.29) is 29.4 Å². The molecule has 1 heterocycles. The Labute approximate surface area is 199 Å². The normalized spacial score (nSPS) is 15.0. The Balaban J connectivity index is 0.00000300. The molecule has 160 valence electrons. The smallest absolute Gasteiger partial charge is 0.191 e. The molecule has 0 unspecified atom stereocenters. The first-order chi connectivity index (χ1) is 13.5. The lowest BCUT2D eigenvalue weighted by Crippen LogP contribution is -2.42. The predicted molar refractivity (Wildman–Crippen MR) is 134 cm³/mol. The molecule has 0 spiro atoms. The summed E-state index contributed by atoms with van der Waals surface area (Å²) in [4.78, 5) is 4.75. The van der Waals surface area contributed by atoms with Crippen LogP contribution >= 0.6 is 47.3 Å². The van der Waals surface area contributed by atoms with E-state index in [0.29, 0.717) is 6.54 Å². The molecule has 1 aromatic carbocycles. The largest absolute Gasteiger partial charge is 0.356 e. The van der Waals surface area contributed by atoms with Crippen LogP contribution in [0.2, 0.25) is 5.02 Å². The zero-order valence-electron chi connectivity index (χ0n) is 17.2. The highest BCUT2D eigenvalue weighted by Crippen LogP contribution is 2.48. The SMILES string of the molecule is CSCCCNC(=NCc1nnc(C)n1C)NCC1(c2cccc(Cl)c2)CC1.I. The fourth-order valence-corrected chi connectivity index (χ4v) is 3.75. The zero-order valence-corrected chi connectivity index (χ0v) is 21.1. The molecule has 1 aromatic heterocycles. The van der Waals surface area contributed by atoms with Crippen LogP contribution < -0.4 is 10.6 Å². The first kappa shape index (κ1) is 24.3. The van der Waals surface area contributed by atoms with Crippen LogP contribution in [0.5, 0.6) is 0 Å². The number of benzene rings is 1. The Hall–Kier alpha value is -1.000. The predicted octanol–water partition coefficient (Wildman–Crippen LogP) is 3.92. The van der Waals surface area contributed by atoms with Crippen molar-refractivity contribution in [3.05, 3.63) is 46.5 Å². The fraction of sp³-hybridized carbons (Fsp3) is 0.550. The minimum atomic E-state index is 0. The van der Waals surface area contributed by atoms with Crippen LogP contribution in [-0.2, 0) is 19.0 Å². The number of halogens is 2. The molecule has 0 radical (unpaired) electrons. The third kappa shape index (κ3) is 6.75.